The molecular weight excluding hydrogens is 247 g/mol. The average Bonchev–Trinajstić information content (AvgIpc) is 2.52. The van der Waals surface area contributed by atoms with Crippen molar-refractivity contribution in [3.63, 3.8) is 0 Å². The molecule has 1 fully saturated rings. The number of hydrogen-bond donors (Lipinski definition) is 1. The SMILES string of the molecule is CN1CCCN(CC(O)c2cccc(F)c2)CC1=O. The first-order chi connectivity index (χ1) is 9.06. The molecule has 104 valence electrons. The van der Waals surface area contributed by atoms with Gasteiger partial charge >= 0.3 is 0 Å². The van der Waals surface area contributed by atoms with E-state index >= 15 is 0 Å². The Morgan fingerprint density at radius 1 is 1.42 bits per heavy atom. The van der Waals surface area contributed by atoms with Gasteiger partial charge in [-0.1, -0.05) is 12.1 Å². The number of aliphatic hydroxyl groups excluding tert-OH is 1. The zero-order valence-electron chi connectivity index (χ0n) is 11.1. The summed E-state index contributed by atoms with van der Waals surface area (Å²) in [7, 11) is 1.79. The molecule has 1 N–H and O–H groups in total. The zero-order valence-corrected chi connectivity index (χ0v) is 11.1. The molecule has 1 aromatic carbocycles. The highest BCUT2D eigenvalue weighted by Crippen LogP contribution is 2.16. The van der Waals surface area contributed by atoms with Crippen molar-refractivity contribution in [2.75, 3.05) is 33.2 Å². The maximum absolute atomic E-state index is 13.1. The Bertz CT molecular complexity index is 453. The minimum atomic E-state index is -0.771. The number of likely N-dealkylation sites (N-methyl/N-ethyl adjacent to an activating group) is 1. The summed E-state index contributed by atoms with van der Waals surface area (Å²) in [4.78, 5) is 15.4. The molecule has 2 rings (SSSR count). The third kappa shape index (κ3) is 3.75. The second-order valence-corrected chi connectivity index (χ2v) is 4.97. The second kappa shape index (κ2) is 6.12. The summed E-state index contributed by atoms with van der Waals surface area (Å²) < 4.78 is 13.1. The van der Waals surface area contributed by atoms with Gasteiger partial charge in [-0.15, -0.1) is 0 Å². The van der Waals surface area contributed by atoms with Crippen LogP contribution < -0.4 is 0 Å². The number of β-amino-alcohol motifs (C(OH)–C–C–N with tert-alkyl or cyclic N) is 1. The van der Waals surface area contributed by atoms with Crippen molar-refractivity contribution >= 4 is 5.91 Å². The molecule has 1 aromatic rings. The van der Waals surface area contributed by atoms with Crippen LogP contribution in [0, 0.1) is 5.82 Å². The fourth-order valence-electron chi connectivity index (χ4n) is 2.27. The molecule has 5 heteroatoms. The number of aliphatic hydroxyl groups is 1. The van der Waals surface area contributed by atoms with Crippen LogP contribution in [0.1, 0.15) is 18.1 Å². The molecule has 0 aliphatic carbocycles. The predicted molar refractivity (Wildman–Crippen MR) is 70.1 cm³/mol. The van der Waals surface area contributed by atoms with E-state index in [1.165, 1.54) is 12.1 Å². The molecule has 1 aliphatic heterocycles. The predicted octanol–water partition coefficient (Wildman–Crippen LogP) is 1.02. The normalized spacial score (nSPS) is 19.3. The minimum Gasteiger partial charge on any atom is -0.387 e. The van der Waals surface area contributed by atoms with Gasteiger partial charge in [-0.05, 0) is 24.1 Å². The largest absolute Gasteiger partial charge is 0.387 e. The van der Waals surface area contributed by atoms with Gasteiger partial charge in [-0.3, -0.25) is 9.69 Å². The maximum atomic E-state index is 13.1. The average molecular weight is 266 g/mol. The summed E-state index contributed by atoms with van der Waals surface area (Å²) in [5, 5.41) is 10.1. The number of rotatable bonds is 3. The lowest BCUT2D eigenvalue weighted by atomic mass is 10.1. The summed E-state index contributed by atoms with van der Waals surface area (Å²) in [6, 6.07) is 5.95. The van der Waals surface area contributed by atoms with Gasteiger partial charge in [-0.25, -0.2) is 4.39 Å². The van der Waals surface area contributed by atoms with Gasteiger partial charge < -0.3 is 10.0 Å². The first-order valence-electron chi connectivity index (χ1n) is 6.46. The van der Waals surface area contributed by atoms with Crippen LogP contribution in [0.15, 0.2) is 24.3 Å². The highest BCUT2D eigenvalue weighted by molar-refractivity contribution is 5.78. The molecule has 0 radical (unpaired) electrons. The Balaban J connectivity index is 1.98. The van der Waals surface area contributed by atoms with Crippen molar-refractivity contribution in [3.05, 3.63) is 35.6 Å². The number of halogens is 1. The van der Waals surface area contributed by atoms with Crippen LogP contribution in [0.4, 0.5) is 4.39 Å². The van der Waals surface area contributed by atoms with Gasteiger partial charge in [0.1, 0.15) is 5.82 Å². The molecule has 0 saturated carbocycles. The Hall–Kier alpha value is -1.46. The van der Waals surface area contributed by atoms with Crippen LogP contribution in [0.2, 0.25) is 0 Å². The van der Waals surface area contributed by atoms with E-state index in [1.807, 2.05) is 4.90 Å². The molecule has 19 heavy (non-hydrogen) atoms. The molecule has 1 unspecified atom stereocenters. The molecule has 1 aliphatic rings. The van der Waals surface area contributed by atoms with Crippen molar-refractivity contribution in [2.24, 2.45) is 0 Å². The lowest BCUT2D eigenvalue weighted by Gasteiger charge is -2.22. The van der Waals surface area contributed by atoms with Crippen LogP contribution in [-0.4, -0.2) is 54.0 Å². The molecule has 0 bridgehead atoms. The third-order valence-electron chi connectivity index (χ3n) is 3.42. The van der Waals surface area contributed by atoms with Gasteiger partial charge in [-0.2, -0.15) is 0 Å². The first-order valence-corrected chi connectivity index (χ1v) is 6.46. The third-order valence-corrected chi connectivity index (χ3v) is 3.42. The summed E-state index contributed by atoms with van der Waals surface area (Å²) in [6.45, 7) is 2.17. The number of nitrogens with zero attached hydrogens (tertiary/aromatic N) is 2. The van der Waals surface area contributed by atoms with Gasteiger partial charge in [0.2, 0.25) is 5.91 Å². The quantitative estimate of drug-likeness (QED) is 0.888. The molecule has 1 heterocycles. The van der Waals surface area contributed by atoms with Crippen LogP contribution in [0.3, 0.4) is 0 Å². The van der Waals surface area contributed by atoms with E-state index in [4.69, 9.17) is 0 Å². The Morgan fingerprint density at radius 3 is 2.95 bits per heavy atom. The highest BCUT2D eigenvalue weighted by Gasteiger charge is 2.21. The van der Waals surface area contributed by atoms with E-state index in [1.54, 1.807) is 24.1 Å². The van der Waals surface area contributed by atoms with Gasteiger partial charge in [0.25, 0.3) is 0 Å². The molecular formula is C14H19FN2O2. The fraction of sp³-hybridized carbons (Fsp3) is 0.500. The number of amides is 1. The summed E-state index contributed by atoms with van der Waals surface area (Å²) in [5.41, 5.74) is 0.546. The second-order valence-electron chi connectivity index (χ2n) is 4.97. The summed E-state index contributed by atoms with van der Waals surface area (Å²) >= 11 is 0. The topological polar surface area (TPSA) is 43.8 Å². The van der Waals surface area contributed by atoms with Crippen LogP contribution in [0.25, 0.3) is 0 Å². The van der Waals surface area contributed by atoms with E-state index < -0.39 is 6.10 Å². The molecule has 0 spiro atoms. The molecule has 1 amide bonds. The van der Waals surface area contributed by atoms with Crippen molar-refractivity contribution in [3.8, 4) is 0 Å². The monoisotopic (exact) mass is 266 g/mol. The van der Waals surface area contributed by atoms with Crippen molar-refractivity contribution in [1.29, 1.82) is 0 Å². The van der Waals surface area contributed by atoms with Crippen LogP contribution >= 0.6 is 0 Å². The standard InChI is InChI=1S/C14H19FN2O2/c1-16-6-3-7-17(10-14(16)19)9-13(18)11-4-2-5-12(15)8-11/h2,4-5,8,13,18H,3,6-7,9-10H2,1H3. The van der Waals surface area contributed by atoms with Crippen molar-refractivity contribution in [1.82, 2.24) is 9.80 Å². The van der Waals surface area contributed by atoms with Gasteiger partial charge in [0.15, 0.2) is 0 Å². The highest BCUT2D eigenvalue weighted by atomic mass is 19.1. The smallest absolute Gasteiger partial charge is 0.236 e. The lowest BCUT2D eigenvalue weighted by molar-refractivity contribution is -0.130. The number of carbonyl (C=O) groups excluding carboxylic acids is 1. The van der Waals surface area contributed by atoms with Gasteiger partial charge in [0.05, 0.1) is 12.6 Å². The van der Waals surface area contributed by atoms with E-state index in [-0.39, 0.29) is 11.7 Å². The number of carbonyl (C=O) groups is 1. The van der Waals surface area contributed by atoms with Crippen LogP contribution in [0.5, 0.6) is 0 Å². The Kier molecular flexibility index (Phi) is 4.50. The van der Waals surface area contributed by atoms with Gasteiger partial charge in [0, 0.05) is 26.7 Å². The van der Waals surface area contributed by atoms with E-state index in [9.17, 15) is 14.3 Å². The molecule has 4 nitrogen and oxygen atoms in total. The Labute approximate surface area is 112 Å². The first kappa shape index (κ1) is 14.0. The summed E-state index contributed by atoms with van der Waals surface area (Å²) in [5.74, 6) is -0.299. The number of benzene rings is 1. The maximum Gasteiger partial charge on any atom is 0.236 e. The molecule has 1 atom stereocenters. The fourth-order valence-corrected chi connectivity index (χ4v) is 2.27. The minimum absolute atomic E-state index is 0.0592. The van der Waals surface area contributed by atoms with E-state index in [0.29, 0.717) is 18.7 Å². The molecule has 1 saturated heterocycles. The zero-order chi connectivity index (χ0) is 13.8. The van der Waals surface area contributed by atoms with Crippen molar-refractivity contribution < 1.29 is 14.3 Å². The van der Waals surface area contributed by atoms with Crippen molar-refractivity contribution in [2.45, 2.75) is 12.5 Å². The van der Waals surface area contributed by atoms with E-state index in [0.717, 1.165) is 19.5 Å². The van der Waals surface area contributed by atoms with Crippen LogP contribution in [-0.2, 0) is 4.79 Å². The number of hydrogen-bond acceptors (Lipinski definition) is 3. The lowest BCUT2D eigenvalue weighted by Crippen LogP contribution is -2.36. The Morgan fingerprint density at radius 2 is 2.21 bits per heavy atom. The van der Waals surface area contributed by atoms with E-state index in [2.05, 4.69) is 0 Å². The summed E-state index contributed by atoms with van der Waals surface area (Å²) in [6.07, 6.45) is 0.116. The molecule has 0 aromatic heterocycles.